The van der Waals surface area contributed by atoms with E-state index in [0.717, 1.165) is 5.56 Å². The molecule has 172 valence electrons. The smallest absolute Gasteiger partial charge is 0.339 e. The summed E-state index contributed by atoms with van der Waals surface area (Å²) in [5.41, 5.74) is 1.41. The van der Waals surface area contributed by atoms with Crippen LogP contribution in [0.1, 0.15) is 15.9 Å². The number of esters is 1. The number of methoxy groups -OCH3 is 1. The van der Waals surface area contributed by atoms with Crippen molar-refractivity contribution in [1.82, 2.24) is 4.31 Å². The highest BCUT2D eigenvalue weighted by Crippen LogP contribution is 2.21. The van der Waals surface area contributed by atoms with Crippen LogP contribution in [0.15, 0.2) is 83.8 Å². The molecule has 0 bridgehead atoms. The summed E-state index contributed by atoms with van der Waals surface area (Å²) in [6.07, 6.45) is 0. The van der Waals surface area contributed by atoms with E-state index in [9.17, 15) is 18.0 Å². The number of para-hydroxylation sites is 1. The van der Waals surface area contributed by atoms with Crippen LogP contribution in [0.3, 0.4) is 0 Å². The highest BCUT2D eigenvalue weighted by Gasteiger charge is 2.21. The Balaban J connectivity index is 1.59. The number of rotatable bonds is 9. The Morgan fingerprint density at radius 3 is 2.21 bits per heavy atom. The van der Waals surface area contributed by atoms with Gasteiger partial charge in [-0.15, -0.1) is 0 Å². The summed E-state index contributed by atoms with van der Waals surface area (Å²) in [4.78, 5) is 24.2. The minimum Gasteiger partial charge on any atom is -0.484 e. The molecule has 3 aromatic rings. The predicted molar refractivity (Wildman–Crippen MR) is 123 cm³/mol. The topological polar surface area (TPSA) is 102 Å². The fourth-order valence-corrected chi connectivity index (χ4v) is 4.19. The first-order chi connectivity index (χ1) is 15.8. The fraction of sp³-hybridized carbons (Fsp3) is 0.167. The van der Waals surface area contributed by atoms with E-state index in [0.29, 0.717) is 11.4 Å². The zero-order valence-electron chi connectivity index (χ0n) is 18.2. The zero-order chi connectivity index (χ0) is 23.8. The third-order valence-corrected chi connectivity index (χ3v) is 6.57. The lowest BCUT2D eigenvalue weighted by Crippen LogP contribution is -2.26. The molecule has 0 aliphatic carbocycles. The summed E-state index contributed by atoms with van der Waals surface area (Å²) < 4.78 is 37.0. The van der Waals surface area contributed by atoms with Crippen molar-refractivity contribution in [2.75, 3.05) is 26.1 Å². The zero-order valence-corrected chi connectivity index (χ0v) is 19.0. The molecular weight excluding hydrogens is 444 g/mol. The molecule has 33 heavy (non-hydrogen) atoms. The van der Waals surface area contributed by atoms with Crippen molar-refractivity contribution >= 4 is 27.6 Å². The van der Waals surface area contributed by atoms with Crippen molar-refractivity contribution in [2.45, 2.75) is 11.4 Å². The molecule has 0 aliphatic rings. The van der Waals surface area contributed by atoms with Gasteiger partial charge in [0.15, 0.2) is 6.61 Å². The summed E-state index contributed by atoms with van der Waals surface area (Å²) in [6, 6.07) is 21.6. The monoisotopic (exact) mass is 468 g/mol. The van der Waals surface area contributed by atoms with Crippen molar-refractivity contribution in [3.8, 4) is 5.75 Å². The van der Waals surface area contributed by atoms with E-state index in [1.165, 1.54) is 48.8 Å². The molecule has 3 rings (SSSR count). The number of benzene rings is 3. The van der Waals surface area contributed by atoms with Crippen molar-refractivity contribution in [3.05, 3.63) is 90.0 Å². The van der Waals surface area contributed by atoms with Gasteiger partial charge >= 0.3 is 5.97 Å². The Hall–Kier alpha value is -3.69. The van der Waals surface area contributed by atoms with Crippen molar-refractivity contribution < 1.29 is 27.5 Å². The lowest BCUT2D eigenvalue weighted by Gasteiger charge is -2.17. The summed E-state index contributed by atoms with van der Waals surface area (Å²) in [5, 5.41) is 2.60. The Morgan fingerprint density at radius 1 is 0.909 bits per heavy atom. The number of carbonyl (C=O) groups excluding carboxylic acids is 2. The minimum atomic E-state index is -3.69. The van der Waals surface area contributed by atoms with Gasteiger partial charge < -0.3 is 14.8 Å². The first kappa shape index (κ1) is 24.0. The molecule has 0 saturated carbocycles. The highest BCUT2D eigenvalue weighted by molar-refractivity contribution is 7.89. The largest absolute Gasteiger partial charge is 0.484 e. The molecule has 8 nitrogen and oxygen atoms in total. The summed E-state index contributed by atoms with van der Waals surface area (Å²) >= 11 is 0. The number of carbonyl (C=O) groups is 2. The number of amides is 1. The lowest BCUT2D eigenvalue weighted by molar-refractivity contribution is -0.118. The van der Waals surface area contributed by atoms with Crippen LogP contribution in [0.25, 0.3) is 0 Å². The van der Waals surface area contributed by atoms with Gasteiger partial charge in [-0.3, -0.25) is 4.79 Å². The molecule has 9 heteroatoms. The summed E-state index contributed by atoms with van der Waals surface area (Å²) in [6.45, 7) is -0.0792. The van der Waals surface area contributed by atoms with E-state index in [2.05, 4.69) is 5.32 Å². The molecule has 1 amide bonds. The Kier molecular flexibility index (Phi) is 7.81. The van der Waals surface area contributed by atoms with E-state index in [-0.39, 0.29) is 23.6 Å². The van der Waals surface area contributed by atoms with E-state index in [4.69, 9.17) is 9.47 Å². The van der Waals surface area contributed by atoms with Gasteiger partial charge in [-0.2, -0.15) is 4.31 Å². The average molecular weight is 469 g/mol. The second-order valence-corrected chi connectivity index (χ2v) is 9.14. The molecule has 0 spiro atoms. The highest BCUT2D eigenvalue weighted by atomic mass is 32.2. The average Bonchev–Trinajstić information content (AvgIpc) is 2.83. The molecule has 0 atom stereocenters. The second-order valence-electron chi connectivity index (χ2n) is 7.09. The van der Waals surface area contributed by atoms with Crippen molar-refractivity contribution in [1.29, 1.82) is 0 Å². The second kappa shape index (κ2) is 10.8. The first-order valence-electron chi connectivity index (χ1n) is 10.0. The maximum atomic E-state index is 12.8. The van der Waals surface area contributed by atoms with Crippen LogP contribution in [0, 0.1) is 0 Å². The molecule has 0 fully saturated rings. The van der Waals surface area contributed by atoms with Gasteiger partial charge in [0.05, 0.1) is 23.3 Å². The van der Waals surface area contributed by atoms with Crippen LogP contribution in [-0.2, 0) is 26.1 Å². The molecule has 0 heterocycles. The molecule has 0 saturated heterocycles. The van der Waals surface area contributed by atoms with E-state index >= 15 is 0 Å². The van der Waals surface area contributed by atoms with Crippen LogP contribution in [0.4, 0.5) is 5.69 Å². The number of hydrogen-bond donors (Lipinski definition) is 1. The van der Waals surface area contributed by atoms with E-state index in [1.807, 2.05) is 30.3 Å². The lowest BCUT2D eigenvalue weighted by atomic mass is 10.2. The van der Waals surface area contributed by atoms with Crippen LogP contribution in [0.5, 0.6) is 5.75 Å². The van der Waals surface area contributed by atoms with Crippen LogP contribution < -0.4 is 10.1 Å². The minimum absolute atomic E-state index is 0.115. The summed E-state index contributed by atoms with van der Waals surface area (Å²) in [5.74, 6) is -0.720. The maximum absolute atomic E-state index is 12.8. The van der Waals surface area contributed by atoms with Crippen LogP contribution >= 0.6 is 0 Å². The van der Waals surface area contributed by atoms with Gasteiger partial charge in [0.1, 0.15) is 5.75 Å². The van der Waals surface area contributed by atoms with Gasteiger partial charge in [-0.25, -0.2) is 13.2 Å². The Morgan fingerprint density at radius 2 is 1.55 bits per heavy atom. The number of nitrogens with zero attached hydrogens (tertiary/aromatic N) is 1. The van der Waals surface area contributed by atoms with Crippen LogP contribution in [-0.4, -0.2) is 45.4 Å². The molecule has 0 unspecified atom stereocenters. The normalized spacial score (nSPS) is 11.1. The SMILES string of the molecule is COC(=O)c1ccccc1NC(=O)COc1ccc(S(=O)(=O)N(C)Cc2ccccc2)cc1. The number of nitrogens with one attached hydrogen (secondary N) is 1. The van der Waals surface area contributed by atoms with E-state index in [1.54, 1.807) is 18.2 Å². The molecule has 0 aliphatic heterocycles. The number of hydrogen-bond acceptors (Lipinski definition) is 6. The molecule has 3 aromatic carbocycles. The van der Waals surface area contributed by atoms with Gasteiger partial charge in [-0.1, -0.05) is 42.5 Å². The standard InChI is InChI=1S/C24H24N2O6S/c1-26(16-18-8-4-3-5-9-18)33(29,30)20-14-12-19(13-15-20)32-17-23(27)25-22-11-7-6-10-21(22)24(28)31-2/h3-15H,16-17H2,1-2H3,(H,25,27). The molecule has 0 radical (unpaired) electrons. The van der Waals surface area contributed by atoms with Gasteiger partial charge in [0.25, 0.3) is 5.91 Å². The van der Waals surface area contributed by atoms with Gasteiger partial charge in [0, 0.05) is 13.6 Å². The number of sulfonamides is 1. The van der Waals surface area contributed by atoms with E-state index < -0.39 is 21.9 Å². The third-order valence-electron chi connectivity index (χ3n) is 4.76. The number of anilines is 1. The van der Waals surface area contributed by atoms with Crippen LogP contribution in [0.2, 0.25) is 0 Å². The fourth-order valence-electron chi connectivity index (χ4n) is 3.03. The molecule has 1 N–H and O–H groups in total. The third kappa shape index (κ3) is 6.18. The maximum Gasteiger partial charge on any atom is 0.339 e. The number of ether oxygens (including phenoxy) is 2. The van der Waals surface area contributed by atoms with Crippen molar-refractivity contribution in [2.24, 2.45) is 0 Å². The van der Waals surface area contributed by atoms with Gasteiger partial charge in [-0.05, 0) is 42.0 Å². The quantitative estimate of drug-likeness (QED) is 0.484. The predicted octanol–water partition coefficient (Wildman–Crippen LogP) is 3.31. The summed E-state index contributed by atoms with van der Waals surface area (Å²) in [7, 11) is -0.912. The first-order valence-corrected chi connectivity index (χ1v) is 11.5. The molecule has 0 aromatic heterocycles. The Bertz CT molecular complexity index is 1210. The molecular formula is C24H24N2O6S. The van der Waals surface area contributed by atoms with Gasteiger partial charge in [0.2, 0.25) is 10.0 Å². The van der Waals surface area contributed by atoms with Crippen molar-refractivity contribution in [3.63, 3.8) is 0 Å². The Labute approximate surface area is 192 Å².